The Bertz CT molecular complexity index is 690. The maximum atomic E-state index is 5.76. The van der Waals surface area contributed by atoms with E-state index in [1.54, 1.807) is 12.3 Å². The molecule has 0 radical (unpaired) electrons. The minimum absolute atomic E-state index is 0.498. The molecule has 94 valence electrons. The number of anilines is 1. The molecule has 3 nitrogen and oxygen atoms in total. The first-order valence-corrected chi connectivity index (χ1v) is 6.38. The molecule has 0 aliphatic carbocycles. The van der Waals surface area contributed by atoms with Gasteiger partial charge in [0.25, 0.3) is 0 Å². The molecule has 0 bridgehead atoms. The van der Waals surface area contributed by atoms with Gasteiger partial charge >= 0.3 is 0 Å². The number of nitrogens with one attached hydrogen (secondary N) is 1. The minimum Gasteiger partial charge on any atom is -0.380 e. The SMILES string of the molecule is Clc1ccc(NCc2cncc3ccccc23)cn1. The van der Waals surface area contributed by atoms with E-state index in [0.717, 1.165) is 16.6 Å². The smallest absolute Gasteiger partial charge is 0.129 e. The maximum Gasteiger partial charge on any atom is 0.129 e. The van der Waals surface area contributed by atoms with E-state index in [1.807, 2.05) is 30.6 Å². The summed E-state index contributed by atoms with van der Waals surface area (Å²) in [5, 5.41) is 6.18. The average molecular weight is 270 g/mol. The number of pyridine rings is 2. The molecule has 3 rings (SSSR count). The molecule has 0 unspecified atom stereocenters. The van der Waals surface area contributed by atoms with Crippen molar-refractivity contribution < 1.29 is 0 Å². The molecule has 3 aromatic rings. The highest BCUT2D eigenvalue weighted by atomic mass is 35.5. The third-order valence-corrected chi connectivity index (χ3v) is 3.18. The van der Waals surface area contributed by atoms with Gasteiger partial charge in [0, 0.05) is 24.3 Å². The Hall–Kier alpha value is -2.13. The second kappa shape index (κ2) is 5.24. The third-order valence-electron chi connectivity index (χ3n) is 2.96. The topological polar surface area (TPSA) is 37.8 Å². The van der Waals surface area contributed by atoms with Crippen molar-refractivity contribution >= 4 is 28.1 Å². The number of rotatable bonds is 3. The predicted octanol–water partition coefficient (Wildman–Crippen LogP) is 3.90. The molecular formula is C15H12ClN3. The largest absolute Gasteiger partial charge is 0.380 e. The Labute approximate surface area is 116 Å². The minimum atomic E-state index is 0.498. The van der Waals surface area contributed by atoms with Crippen LogP contribution in [-0.4, -0.2) is 9.97 Å². The quantitative estimate of drug-likeness (QED) is 0.733. The van der Waals surface area contributed by atoms with Crippen molar-refractivity contribution in [3.05, 3.63) is 65.7 Å². The highest BCUT2D eigenvalue weighted by Gasteiger charge is 2.01. The molecule has 2 aromatic heterocycles. The van der Waals surface area contributed by atoms with Crippen LogP contribution in [0.25, 0.3) is 10.8 Å². The predicted molar refractivity (Wildman–Crippen MR) is 78.3 cm³/mol. The standard InChI is InChI=1S/C15H12ClN3/c16-15-6-5-13(10-19-15)18-9-12-8-17-7-11-3-1-2-4-14(11)12/h1-8,10,18H,9H2. The van der Waals surface area contributed by atoms with Crippen LogP contribution in [0.4, 0.5) is 5.69 Å². The van der Waals surface area contributed by atoms with Crippen LogP contribution in [0.3, 0.4) is 0 Å². The van der Waals surface area contributed by atoms with Gasteiger partial charge in [-0.2, -0.15) is 0 Å². The van der Waals surface area contributed by atoms with Gasteiger partial charge in [0.05, 0.1) is 11.9 Å². The van der Waals surface area contributed by atoms with Gasteiger partial charge in [-0.3, -0.25) is 4.98 Å². The molecule has 0 spiro atoms. The van der Waals surface area contributed by atoms with E-state index in [1.165, 1.54) is 5.39 Å². The zero-order chi connectivity index (χ0) is 13.1. The van der Waals surface area contributed by atoms with Gasteiger partial charge in [0.15, 0.2) is 0 Å². The first-order chi connectivity index (χ1) is 9.33. The second-order valence-electron chi connectivity index (χ2n) is 4.24. The summed E-state index contributed by atoms with van der Waals surface area (Å²) in [5.74, 6) is 0. The average Bonchev–Trinajstić information content (AvgIpc) is 2.47. The van der Waals surface area contributed by atoms with Crippen LogP contribution >= 0.6 is 11.6 Å². The fourth-order valence-corrected chi connectivity index (χ4v) is 2.11. The van der Waals surface area contributed by atoms with Crippen molar-refractivity contribution in [3.63, 3.8) is 0 Å². The highest BCUT2D eigenvalue weighted by molar-refractivity contribution is 6.29. The lowest BCUT2D eigenvalue weighted by atomic mass is 10.1. The molecule has 4 heteroatoms. The summed E-state index contributed by atoms with van der Waals surface area (Å²) in [5.41, 5.74) is 2.10. The highest BCUT2D eigenvalue weighted by Crippen LogP contribution is 2.18. The summed E-state index contributed by atoms with van der Waals surface area (Å²) in [4.78, 5) is 8.30. The number of benzene rings is 1. The lowest BCUT2D eigenvalue weighted by molar-refractivity contribution is 1.13. The number of nitrogens with zero attached hydrogens (tertiary/aromatic N) is 2. The van der Waals surface area contributed by atoms with Crippen LogP contribution < -0.4 is 5.32 Å². The van der Waals surface area contributed by atoms with Crippen molar-refractivity contribution in [2.75, 3.05) is 5.32 Å². The van der Waals surface area contributed by atoms with E-state index in [2.05, 4.69) is 27.4 Å². The normalized spacial score (nSPS) is 10.6. The van der Waals surface area contributed by atoms with E-state index >= 15 is 0 Å². The molecule has 0 amide bonds. The summed E-state index contributed by atoms with van der Waals surface area (Å²) in [6.07, 6.45) is 5.49. The number of hydrogen-bond acceptors (Lipinski definition) is 3. The number of fused-ring (bicyclic) bond motifs is 1. The molecule has 1 N–H and O–H groups in total. The zero-order valence-corrected chi connectivity index (χ0v) is 10.9. The van der Waals surface area contributed by atoms with Crippen molar-refractivity contribution in [1.29, 1.82) is 0 Å². The van der Waals surface area contributed by atoms with E-state index in [0.29, 0.717) is 11.7 Å². The summed E-state index contributed by atoms with van der Waals surface area (Å²) in [7, 11) is 0. The van der Waals surface area contributed by atoms with Crippen LogP contribution in [0.15, 0.2) is 55.0 Å². The lowest BCUT2D eigenvalue weighted by Gasteiger charge is -2.08. The third kappa shape index (κ3) is 2.66. The monoisotopic (exact) mass is 269 g/mol. The number of aromatic nitrogens is 2. The van der Waals surface area contributed by atoms with E-state index in [4.69, 9.17) is 11.6 Å². The maximum absolute atomic E-state index is 5.76. The molecular weight excluding hydrogens is 258 g/mol. The zero-order valence-electron chi connectivity index (χ0n) is 10.2. The van der Waals surface area contributed by atoms with Crippen LogP contribution in [0, 0.1) is 0 Å². The van der Waals surface area contributed by atoms with Gasteiger partial charge in [-0.15, -0.1) is 0 Å². The Morgan fingerprint density at radius 2 is 1.89 bits per heavy atom. The van der Waals surface area contributed by atoms with Gasteiger partial charge in [-0.1, -0.05) is 35.9 Å². The molecule has 19 heavy (non-hydrogen) atoms. The molecule has 0 aliphatic rings. The van der Waals surface area contributed by atoms with Crippen molar-refractivity contribution in [3.8, 4) is 0 Å². The molecule has 0 atom stereocenters. The molecule has 2 heterocycles. The second-order valence-corrected chi connectivity index (χ2v) is 4.63. The Kier molecular flexibility index (Phi) is 3.29. The Morgan fingerprint density at radius 1 is 1.00 bits per heavy atom. The van der Waals surface area contributed by atoms with Gasteiger partial charge in [0.2, 0.25) is 0 Å². The fraction of sp³-hybridized carbons (Fsp3) is 0.0667. The molecule has 0 saturated heterocycles. The van der Waals surface area contributed by atoms with Gasteiger partial charge in [-0.25, -0.2) is 4.98 Å². The first-order valence-electron chi connectivity index (χ1n) is 6.00. The van der Waals surface area contributed by atoms with E-state index in [9.17, 15) is 0 Å². The van der Waals surface area contributed by atoms with E-state index in [-0.39, 0.29) is 0 Å². The van der Waals surface area contributed by atoms with Crippen LogP contribution in [-0.2, 0) is 6.54 Å². The molecule has 1 aromatic carbocycles. The van der Waals surface area contributed by atoms with Crippen LogP contribution in [0.5, 0.6) is 0 Å². The first kappa shape index (κ1) is 11.9. The summed E-state index contributed by atoms with van der Waals surface area (Å²) in [6.45, 7) is 0.706. The molecule has 0 saturated carbocycles. The molecule has 0 aliphatic heterocycles. The summed E-state index contributed by atoms with van der Waals surface area (Å²) < 4.78 is 0. The van der Waals surface area contributed by atoms with Crippen LogP contribution in [0.2, 0.25) is 5.15 Å². The Balaban J connectivity index is 1.84. The number of halogens is 1. The van der Waals surface area contributed by atoms with Crippen molar-refractivity contribution in [2.24, 2.45) is 0 Å². The summed E-state index contributed by atoms with van der Waals surface area (Å²) >= 11 is 5.76. The molecule has 0 fully saturated rings. The van der Waals surface area contributed by atoms with E-state index < -0.39 is 0 Å². The summed E-state index contributed by atoms with van der Waals surface area (Å²) in [6, 6.07) is 11.9. The van der Waals surface area contributed by atoms with Gasteiger partial charge < -0.3 is 5.32 Å². The fourth-order valence-electron chi connectivity index (χ4n) is 2.00. The Morgan fingerprint density at radius 3 is 2.74 bits per heavy atom. The van der Waals surface area contributed by atoms with Crippen molar-refractivity contribution in [1.82, 2.24) is 9.97 Å². The van der Waals surface area contributed by atoms with Crippen molar-refractivity contribution in [2.45, 2.75) is 6.54 Å². The van der Waals surface area contributed by atoms with Crippen LogP contribution in [0.1, 0.15) is 5.56 Å². The number of hydrogen-bond donors (Lipinski definition) is 1. The van der Waals surface area contributed by atoms with Gasteiger partial charge in [0.1, 0.15) is 5.15 Å². The lowest BCUT2D eigenvalue weighted by Crippen LogP contribution is -2.01. The van der Waals surface area contributed by atoms with Gasteiger partial charge in [-0.05, 0) is 23.1 Å².